The highest BCUT2D eigenvalue weighted by molar-refractivity contribution is 7.61. The molecule has 0 saturated carbocycles. The average molecular weight is 1100 g/mol. The van der Waals surface area contributed by atoms with Gasteiger partial charge in [-0.05, 0) is 63.4 Å². The van der Waals surface area contributed by atoms with Gasteiger partial charge in [0.2, 0.25) is 0 Å². The van der Waals surface area contributed by atoms with Crippen LogP contribution in [0.25, 0.3) is 0 Å². The Labute approximate surface area is 446 Å². The largest absolute Gasteiger partial charge is 0.481 e. The lowest BCUT2D eigenvalue weighted by atomic mass is 10.0. The van der Waals surface area contributed by atoms with Crippen molar-refractivity contribution in [2.75, 3.05) is 25.6 Å². The van der Waals surface area contributed by atoms with Crippen LogP contribution < -0.4 is 11.4 Å². The monoisotopic (exact) mass is 1100 g/mol. The van der Waals surface area contributed by atoms with Gasteiger partial charge in [0.1, 0.15) is 30.7 Å². The average Bonchev–Trinajstić information content (AvgIpc) is 4.05. The third kappa shape index (κ3) is 31.2. The molecule has 3 rings (SSSR count). The normalized spacial score (nSPS) is 21.8. The smallest absolute Gasteiger partial charge is 0.462 e. The van der Waals surface area contributed by atoms with E-state index in [2.05, 4.69) is 54.4 Å². The molecule has 19 nitrogen and oxygen atoms in total. The van der Waals surface area contributed by atoms with Crippen molar-refractivity contribution in [3.8, 4) is 0 Å². The summed E-state index contributed by atoms with van der Waals surface area (Å²) in [6.45, 7) is 4.43. The van der Waals surface area contributed by atoms with Crippen molar-refractivity contribution in [1.82, 2.24) is 9.55 Å². The van der Waals surface area contributed by atoms with Crippen molar-refractivity contribution in [2.24, 2.45) is 5.92 Å². The summed E-state index contributed by atoms with van der Waals surface area (Å²) in [6.07, 6.45) is 35.4. The van der Waals surface area contributed by atoms with E-state index >= 15 is 0 Å². The van der Waals surface area contributed by atoms with Gasteiger partial charge in [0, 0.05) is 19.0 Å². The predicted octanol–water partition coefficient (Wildman–Crippen LogP) is 11.2. The summed E-state index contributed by atoms with van der Waals surface area (Å²) >= 11 is 0. The van der Waals surface area contributed by atoms with Gasteiger partial charge >= 0.3 is 33.3 Å². The molecule has 9 atom stereocenters. The summed E-state index contributed by atoms with van der Waals surface area (Å²) in [5.74, 6) is -0.553. The molecule has 0 amide bonds. The minimum atomic E-state index is -5.44. The number of hydrogen-bond acceptors (Lipinski definition) is 16. The molecular weight excluding hydrogens is 1010 g/mol. The van der Waals surface area contributed by atoms with Crippen LogP contribution in [0.2, 0.25) is 0 Å². The quantitative estimate of drug-likeness (QED) is 0.0133. The minimum absolute atomic E-state index is 0.0297. The lowest BCUT2D eigenvalue weighted by molar-refractivity contribution is -0.161. The number of nitrogen functional groups attached to an aromatic ring is 1. The number of carbonyl (C=O) groups is 2. The molecule has 4 unspecified atom stereocenters. The van der Waals surface area contributed by atoms with E-state index in [0.717, 1.165) is 68.0 Å². The third-order valence-electron chi connectivity index (χ3n) is 13.1. The molecule has 2 aliphatic heterocycles. The Bertz CT molecular complexity index is 1980. The van der Waals surface area contributed by atoms with E-state index in [0.29, 0.717) is 25.4 Å². The first-order chi connectivity index (χ1) is 36.0. The fourth-order valence-electron chi connectivity index (χ4n) is 8.59. The number of allylic oxidation sites excluding steroid dienone is 4. The second kappa shape index (κ2) is 38.5. The van der Waals surface area contributed by atoms with Crippen molar-refractivity contribution >= 4 is 33.4 Å². The van der Waals surface area contributed by atoms with Crippen LogP contribution in [0, 0.1) is 5.92 Å². The molecule has 0 radical (unpaired) electrons. The second-order valence-corrected chi connectivity index (χ2v) is 23.3. The van der Waals surface area contributed by atoms with Gasteiger partial charge in [-0.2, -0.15) is 9.29 Å². The highest BCUT2D eigenvalue weighted by Crippen LogP contribution is 2.60. The van der Waals surface area contributed by atoms with E-state index in [1.807, 2.05) is 12.2 Å². The highest BCUT2D eigenvalue weighted by Gasteiger charge is 2.46. The molecule has 2 aliphatic rings. The van der Waals surface area contributed by atoms with Crippen molar-refractivity contribution in [1.29, 1.82) is 0 Å². The van der Waals surface area contributed by atoms with Crippen molar-refractivity contribution in [2.45, 2.75) is 243 Å². The maximum Gasteiger partial charge on any atom is 0.481 e. The Morgan fingerprint density at radius 3 is 1.85 bits per heavy atom. The number of aliphatic hydroxyl groups is 2. The van der Waals surface area contributed by atoms with E-state index in [4.69, 9.17) is 33.7 Å². The number of epoxide rings is 1. The molecule has 1 aromatic heterocycles. The minimum Gasteiger partial charge on any atom is -0.462 e. The first-order valence-electron chi connectivity index (χ1n) is 28.0. The Balaban J connectivity index is 1.38. The Hall–Kier alpha value is -3.06. The van der Waals surface area contributed by atoms with E-state index in [9.17, 15) is 43.5 Å². The summed E-state index contributed by atoms with van der Waals surface area (Å²) < 4.78 is 62.7. The van der Waals surface area contributed by atoms with Crippen molar-refractivity contribution < 1.29 is 71.0 Å². The Morgan fingerprint density at radius 2 is 1.24 bits per heavy atom. The standard InChI is InChI=1S/C54H93N3O16P2/c1-4-5-6-7-24-29-34-45-46(71-45)35-30-25-20-18-22-27-32-37-50(59)70-44(40-67-49(58)36-31-26-21-17-15-13-11-9-8-10-12-14-16-19-23-28-33-43(2)3)41-68-74(63,64)73-75(65,66)69-42-47-51(60)52(61)53(72-47)57-39-38-48(55)56-54(57)62/h18,22,24-25,29-30,38-39,43-47,51-53,60-61H,4-17,19-21,23,26-28,31-37,40-42H2,1-3H3,(H,63,64)(H,65,66)(H2,55,56,62)/b22-18-,29-24-,30-25-/t44-,45?,46?,47-,51-,52-,53-/m1/s1. The topological polar surface area (TPSA) is 278 Å². The van der Waals surface area contributed by atoms with Crippen molar-refractivity contribution in [3.63, 3.8) is 0 Å². The molecule has 21 heteroatoms. The zero-order valence-corrected chi connectivity index (χ0v) is 47.0. The number of aliphatic hydroxyl groups excluding tert-OH is 2. The van der Waals surface area contributed by atoms with E-state index in [-0.39, 0.29) is 24.8 Å². The van der Waals surface area contributed by atoms with E-state index in [1.165, 1.54) is 102 Å². The van der Waals surface area contributed by atoms with Gasteiger partial charge in [-0.3, -0.25) is 23.2 Å². The fraction of sp³-hybridized carbons (Fsp3) is 0.778. The second-order valence-electron chi connectivity index (χ2n) is 20.3. The number of ether oxygens (including phenoxy) is 4. The molecule has 0 bridgehead atoms. The van der Waals surface area contributed by atoms with E-state index < -0.39 is 83.7 Å². The van der Waals surface area contributed by atoms with Gasteiger partial charge in [-0.1, -0.05) is 173 Å². The molecule has 1 aromatic rings. The number of aromatic nitrogens is 2. The number of unbranched alkanes of at least 4 members (excludes halogenated alkanes) is 19. The number of rotatable bonds is 45. The molecule has 2 saturated heterocycles. The first kappa shape index (κ1) is 66.2. The number of anilines is 1. The van der Waals surface area contributed by atoms with Gasteiger partial charge in [0.05, 0.1) is 25.4 Å². The molecule has 0 spiro atoms. The summed E-state index contributed by atoms with van der Waals surface area (Å²) in [4.78, 5) is 62.1. The van der Waals surface area contributed by atoms with Gasteiger partial charge < -0.3 is 44.7 Å². The number of esters is 2. The molecule has 430 valence electrons. The van der Waals surface area contributed by atoms with Crippen LogP contribution in [0.1, 0.15) is 207 Å². The molecule has 6 N–H and O–H groups in total. The number of phosphoric acid groups is 2. The van der Waals surface area contributed by atoms with Gasteiger partial charge in [-0.25, -0.2) is 13.9 Å². The van der Waals surface area contributed by atoms with Gasteiger partial charge in [0.25, 0.3) is 0 Å². The summed E-state index contributed by atoms with van der Waals surface area (Å²) in [6, 6.07) is 1.25. The third-order valence-corrected chi connectivity index (χ3v) is 15.7. The van der Waals surface area contributed by atoms with Gasteiger partial charge in [0.15, 0.2) is 12.3 Å². The van der Waals surface area contributed by atoms with Crippen LogP contribution in [0.4, 0.5) is 5.82 Å². The highest BCUT2D eigenvalue weighted by atomic mass is 31.3. The van der Waals surface area contributed by atoms with Crippen LogP contribution in [0.15, 0.2) is 53.5 Å². The molecule has 0 aliphatic carbocycles. The summed E-state index contributed by atoms with van der Waals surface area (Å²) in [5.41, 5.74) is 4.59. The molecule has 75 heavy (non-hydrogen) atoms. The lowest BCUT2D eigenvalue weighted by Crippen LogP contribution is -2.36. The molecule has 2 fully saturated rings. The van der Waals surface area contributed by atoms with E-state index in [1.54, 1.807) is 0 Å². The fourth-order valence-corrected chi connectivity index (χ4v) is 10.7. The van der Waals surface area contributed by atoms with Crippen LogP contribution in [0.5, 0.6) is 0 Å². The van der Waals surface area contributed by atoms with Crippen LogP contribution in [0.3, 0.4) is 0 Å². The van der Waals surface area contributed by atoms with Crippen LogP contribution >= 0.6 is 15.6 Å². The molecular formula is C54H93N3O16P2. The maximum atomic E-state index is 12.9. The number of carbonyl (C=O) groups excluding carboxylic acids is 2. The summed E-state index contributed by atoms with van der Waals surface area (Å²) in [5, 5.41) is 21.0. The molecule has 3 heterocycles. The SMILES string of the molecule is CCCCC/C=C\CC1OC1C/C=C\C/C=C\CCCC(=O)O[C@H](COC(=O)CCCCCCCCCCCCCCCCCCC(C)C)COP(=O)(O)OP(=O)(O)OC[C@H]1O[C@@H](n2ccc(N)nc2=O)[C@H](O)[C@@H]1O. The number of hydrogen-bond donors (Lipinski definition) is 5. The summed E-state index contributed by atoms with van der Waals surface area (Å²) in [7, 11) is -10.9. The Kier molecular flexibility index (Phi) is 34.0. The van der Waals surface area contributed by atoms with Crippen LogP contribution in [-0.4, -0.2) is 97.9 Å². The zero-order chi connectivity index (χ0) is 54.7. The molecule has 0 aromatic carbocycles. The zero-order valence-electron chi connectivity index (χ0n) is 45.2. The Morgan fingerprint density at radius 1 is 0.693 bits per heavy atom. The number of nitrogens with zero attached hydrogens (tertiary/aromatic N) is 2. The predicted molar refractivity (Wildman–Crippen MR) is 288 cm³/mol. The van der Waals surface area contributed by atoms with Gasteiger partial charge in [-0.15, -0.1) is 0 Å². The first-order valence-corrected chi connectivity index (χ1v) is 31.0. The number of nitrogens with two attached hydrogens (primary N) is 1. The maximum absolute atomic E-state index is 12.9. The number of phosphoric ester groups is 2. The van der Waals surface area contributed by atoms with Crippen LogP contribution in [-0.2, 0) is 51.0 Å². The van der Waals surface area contributed by atoms with Crippen molar-refractivity contribution in [3.05, 3.63) is 59.2 Å². The lowest BCUT2D eigenvalue weighted by Gasteiger charge is -2.21.